The van der Waals surface area contributed by atoms with Crippen molar-refractivity contribution in [3.8, 4) is 5.69 Å². The van der Waals surface area contributed by atoms with Crippen molar-refractivity contribution < 1.29 is 14.7 Å². The molecule has 2 fully saturated rings. The van der Waals surface area contributed by atoms with Crippen molar-refractivity contribution in [2.24, 2.45) is 5.41 Å². The van der Waals surface area contributed by atoms with Crippen molar-refractivity contribution in [3.05, 3.63) is 58.7 Å². The lowest BCUT2D eigenvalue weighted by molar-refractivity contribution is -0.144. The monoisotopic (exact) mass is 533 g/mol. The zero-order valence-electron chi connectivity index (χ0n) is 23.7. The lowest BCUT2D eigenvalue weighted by atomic mass is 9.85. The van der Waals surface area contributed by atoms with Gasteiger partial charge in [-0.1, -0.05) is 44.2 Å². The summed E-state index contributed by atoms with van der Waals surface area (Å²) in [4.78, 5) is 28.9. The summed E-state index contributed by atoms with van der Waals surface area (Å²) in [5.74, 6) is -0.0953. The minimum absolute atomic E-state index is 0.108. The lowest BCUT2D eigenvalue weighted by Crippen LogP contribution is -2.50. The Morgan fingerprint density at radius 2 is 1.87 bits per heavy atom. The standard InChI is InChI=1S/C29H39N7O3/c1-17-9-7-8-10-24(17)36-19(3)22(18(2)32-36)14-30-27(38)25-13-21(37)15-34(25)28(39)26(29(4,5)6)35-16-23(31-33-35)20-11-12-20/h7-10,16,20-21,25-26,37H,11-15H2,1-6H3,(H,30,38)/t21-,25+,26-/m1/s1. The van der Waals surface area contributed by atoms with Crippen LogP contribution in [0.2, 0.25) is 0 Å². The van der Waals surface area contributed by atoms with Crippen LogP contribution in [0.3, 0.4) is 0 Å². The number of aliphatic hydroxyl groups is 1. The van der Waals surface area contributed by atoms with E-state index >= 15 is 0 Å². The number of benzene rings is 1. The second-order valence-electron chi connectivity index (χ2n) is 12.1. The van der Waals surface area contributed by atoms with Crippen molar-refractivity contribution in [1.29, 1.82) is 0 Å². The van der Waals surface area contributed by atoms with E-state index in [0.717, 1.165) is 46.7 Å². The Morgan fingerprint density at radius 3 is 2.54 bits per heavy atom. The molecule has 1 saturated heterocycles. The highest BCUT2D eigenvalue weighted by molar-refractivity contribution is 5.90. The summed E-state index contributed by atoms with van der Waals surface area (Å²) in [5, 5.41) is 26.9. The maximum Gasteiger partial charge on any atom is 0.248 e. The van der Waals surface area contributed by atoms with Gasteiger partial charge in [-0.25, -0.2) is 9.36 Å². The molecular formula is C29H39N7O3. The molecule has 208 valence electrons. The van der Waals surface area contributed by atoms with E-state index in [1.165, 1.54) is 4.90 Å². The quantitative estimate of drug-likeness (QED) is 0.482. The maximum atomic E-state index is 14.0. The van der Waals surface area contributed by atoms with E-state index in [9.17, 15) is 14.7 Å². The molecule has 0 spiro atoms. The van der Waals surface area contributed by atoms with E-state index in [0.29, 0.717) is 5.92 Å². The Labute approximate surface area is 229 Å². The number of amides is 2. The number of nitrogens with zero attached hydrogens (tertiary/aromatic N) is 6. The average Bonchev–Trinajstić information content (AvgIpc) is 3.37. The number of carbonyl (C=O) groups excluding carboxylic acids is 2. The van der Waals surface area contributed by atoms with Gasteiger partial charge in [-0.05, 0) is 50.7 Å². The van der Waals surface area contributed by atoms with Gasteiger partial charge in [0.1, 0.15) is 12.1 Å². The summed E-state index contributed by atoms with van der Waals surface area (Å²) in [6.07, 6.45) is 3.48. The van der Waals surface area contributed by atoms with Crippen molar-refractivity contribution in [1.82, 2.24) is 35.0 Å². The number of aliphatic hydroxyl groups excluding tert-OH is 1. The van der Waals surface area contributed by atoms with Gasteiger partial charge in [-0.2, -0.15) is 5.10 Å². The highest BCUT2D eigenvalue weighted by Gasteiger charge is 2.45. The van der Waals surface area contributed by atoms with Crippen LogP contribution in [0.5, 0.6) is 0 Å². The number of para-hydroxylation sites is 1. The highest BCUT2D eigenvalue weighted by Crippen LogP contribution is 2.40. The van der Waals surface area contributed by atoms with Gasteiger partial charge in [0.25, 0.3) is 0 Å². The number of β-amino-alcohol motifs (C(OH)–C–C–N with tert-alkyl or cyclic N) is 1. The molecule has 0 unspecified atom stereocenters. The van der Waals surface area contributed by atoms with Gasteiger partial charge in [0, 0.05) is 42.9 Å². The number of carbonyl (C=O) groups is 2. The number of nitrogens with one attached hydrogen (secondary N) is 1. The third kappa shape index (κ3) is 5.34. The summed E-state index contributed by atoms with van der Waals surface area (Å²) in [6.45, 7) is 12.3. The Morgan fingerprint density at radius 1 is 1.15 bits per heavy atom. The molecule has 0 bridgehead atoms. The molecule has 5 rings (SSSR count). The van der Waals surface area contributed by atoms with Crippen LogP contribution in [0.25, 0.3) is 5.69 Å². The van der Waals surface area contributed by atoms with E-state index in [4.69, 9.17) is 5.10 Å². The molecule has 10 nitrogen and oxygen atoms in total. The Balaban J connectivity index is 1.33. The first-order valence-electron chi connectivity index (χ1n) is 13.7. The number of rotatable bonds is 7. The fourth-order valence-electron chi connectivity index (χ4n) is 5.59. The summed E-state index contributed by atoms with van der Waals surface area (Å²) in [5.41, 5.74) is 5.26. The molecule has 1 aromatic carbocycles. The predicted octanol–water partition coefficient (Wildman–Crippen LogP) is 3.13. The third-order valence-corrected chi connectivity index (χ3v) is 7.93. The number of aryl methyl sites for hydroxylation is 2. The molecule has 1 aliphatic carbocycles. The van der Waals surface area contributed by atoms with Crippen molar-refractivity contribution in [2.75, 3.05) is 6.54 Å². The first-order valence-corrected chi connectivity index (χ1v) is 13.7. The maximum absolute atomic E-state index is 14.0. The first kappa shape index (κ1) is 27.1. The molecule has 2 N–H and O–H groups in total. The summed E-state index contributed by atoms with van der Waals surface area (Å²) >= 11 is 0. The molecular weight excluding hydrogens is 494 g/mol. The molecule has 3 heterocycles. The van der Waals surface area contributed by atoms with Crippen molar-refractivity contribution in [3.63, 3.8) is 0 Å². The molecule has 2 amide bonds. The normalized spacial score (nSPS) is 20.3. The number of hydrogen-bond donors (Lipinski definition) is 2. The molecule has 3 aromatic rings. The van der Waals surface area contributed by atoms with Crippen molar-refractivity contribution >= 4 is 11.8 Å². The third-order valence-electron chi connectivity index (χ3n) is 7.93. The minimum atomic E-state index is -0.768. The van der Waals surface area contributed by atoms with Gasteiger partial charge in [-0.15, -0.1) is 5.10 Å². The molecule has 0 radical (unpaired) electrons. The molecule has 1 aliphatic heterocycles. The molecule has 3 atom stereocenters. The zero-order chi connectivity index (χ0) is 28.1. The minimum Gasteiger partial charge on any atom is -0.391 e. The smallest absolute Gasteiger partial charge is 0.248 e. The van der Waals surface area contributed by atoms with E-state index in [1.807, 2.05) is 76.7 Å². The summed E-state index contributed by atoms with van der Waals surface area (Å²) in [6, 6.07) is 6.63. The summed E-state index contributed by atoms with van der Waals surface area (Å²) in [7, 11) is 0. The topological polar surface area (TPSA) is 118 Å². The zero-order valence-corrected chi connectivity index (χ0v) is 23.7. The molecule has 39 heavy (non-hydrogen) atoms. The predicted molar refractivity (Wildman–Crippen MR) is 146 cm³/mol. The molecule has 2 aliphatic rings. The first-order chi connectivity index (χ1) is 18.5. The SMILES string of the molecule is Cc1ccccc1-n1nc(C)c(CNC(=O)[C@@H]2C[C@@H](O)CN2C(=O)[C@@H](n2cc(C3CC3)nn2)C(C)(C)C)c1C. The van der Waals surface area contributed by atoms with E-state index in [1.54, 1.807) is 4.68 Å². The second-order valence-corrected chi connectivity index (χ2v) is 12.1. The molecule has 2 aromatic heterocycles. The van der Waals surface area contributed by atoms with Gasteiger partial charge < -0.3 is 15.3 Å². The fraction of sp³-hybridized carbons (Fsp3) is 0.552. The van der Waals surface area contributed by atoms with Crippen LogP contribution in [0.1, 0.15) is 80.2 Å². The fourth-order valence-corrected chi connectivity index (χ4v) is 5.59. The van der Waals surface area contributed by atoms with Gasteiger partial charge in [0.05, 0.1) is 23.2 Å². The number of likely N-dealkylation sites (tertiary alicyclic amines) is 1. The van der Waals surface area contributed by atoms with E-state index in [2.05, 4.69) is 15.6 Å². The summed E-state index contributed by atoms with van der Waals surface area (Å²) < 4.78 is 3.55. The van der Waals surface area contributed by atoms with Crippen LogP contribution in [0, 0.1) is 26.2 Å². The Kier molecular flexibility index (Phi) is 7.09. The van der Waals surface area contributed by atoms with E-state index < -0.39 is 23.6 Å². The second kappa shape index (κ2) is 10.2. The van der Waals surface area contributed by atoms with Crippen LogP contribution in [-0.2, 0) is 16.1 Å². The largest absolute Gasteiger partial charge is 0.391 e. The number of aromatic nitrogens is 5. The number of hydrogen-bond acceptors (Lipinski definition) is 6. The van der Waals surface area contributed by atoms with Gasteiger partial charge >= 0.3 is 0 Å². The average molecular weight is 534 g/mol. The van der Waals surface area contributed by atoms with Gasteiger partial charge in [0.15, 0.2) is 0 Å². The van der Waals surface area contributed by atoms with E-state index in [-0.39, 0.29) is 31.3 Å². The highest BCUT2D eigenvalue weighted by atomic mass is 16.3. The molecule has 10 heteroatoms. The Hall–Kier alpha value is -3.53. The van der Waals surface area contributed by atoms with Crippen LogP contribution in [-0.4, -0.2) is 65.3 Å². The van der Waals surface area contributed by atoms with Crippen molar-refractivity contribution in [2.45, 2.75) is 91.5 Å². The van der Waals surface area contributed by atoms with Crippen LogP contribution < -0.4 is 5.32 Å². The van der Waals surface area contributed by atoms with Gasteiger partial charge in [-0.3, -0.25) is 9.59 Å². The van der Waals surface area contributed by atoms with Crippen LogP contribution in [0.4, 0.5) is 0 Å². The van der Waals surface area contributed by atoms with Gasteiger partial charge in [0.2, 0.25) is 11.8 Å². The Bertz CT molecular complexity index is 1380. The van der Waals surface area contributed by atoms with Crippen LogP contribution in [0.15, 0.2) is 30.5 Å². The lowest BCUT2D eigenvalue weighted by Gasteiger charge is -2.34. The molecule has 1 saturated carbocycles. The van der Waals surface area contributed by atoms with Crippen LogP contribution >= 0.6 is 0 Å².